The molecule has 0 amide bonds. The highest BCUT2D eigenvalue weighted by Crippen LogP contribution is 2.27. The summed E-state index contributed by atoms with van der Waals surface area (Å²) in [5.41, 5.74) is 4.97. The monoisotopic (exact) mass is 256 g/mol. The zero-order valence-electron chi connectivity index (χ0n) is 9.11. The standard InChI is InChI=1S/C9H15F3N2O3/c10-9(11,12)7(8(13)14-15)5-17-4-6-1-2-16-3-6/h6-7,15H,1-5H2,(H2,13,14). The largest absolute Gasteiger partial charge is 0.409 e. The molecule has 1 aliphatic heterocycles. The van der Waals surface area contributed by atoms with Gasteiger partial charge < -0.3 is 20.4 Å². The highest BCUT2D eigenvalue weighted by atomic mass is 19.4. The molecule has 1 saturated heterocycles. The zero-order valence-corrected chi connectivity index (χ0v) is 9.11. The molecule has 0 spiro atoms. The van der Waals surface area contributed by atoms with Gasteiger partial charge in [0.1, 0.15) is 5.92 Å². The second kappa shape index (κ2) is 6.06. The molecular formula is C9H15F3N2O3. The maximum atomic E-state index is 12.5. The van der Waals surface area contributed by atoms with Gasteiger partial charge in [-0.1, -0.05) is 5.16 Å². The van der Waals surface area contributed by atoms with E-state index in [2.05, 4.69) is 5.16 Å². The van der Waals surface area contributed by atoms with Crippen LogP contribution in [0.15, 0.2) is 5.16 Å². The molecule has 17 heavy (non-hydrogen) atoms. The van der Waals surface area contributed by atoms with Crippen LogP contribution in [0.4, 0.5) is 13.2 Å². The molecule has 2 unspecified atom stereocenters. The molecule has 0 saturated carbocycles. The van der Waals surface area contributed by atoms with E-state index >= 15 is 0 Å². The van der Waals surface area contributed by atoms with E-state index in [0.29, 0.717) is 13.2 Å². The number of alkyl halides is 3. The van der Waals surface area contributed by atoms with Crippen molar-refractivity contribution >= 4 is 5.84 Å². The van der Waals surface area contributed by atoms with Crippen molar-refractivity contribution in [1.82, 2.24) is 0 Å². The minimum Gasteiger partial charge on any atom is -0.409 e. The predicted octanol–water partition coefficient (Wildman–Crippen LogP) is 0.964. The van der Waals surface area contributed by atoms with E-state index in [1.165, 1.54) is 0 Å². The van der Waals surface area contributed by atoms with E-state index in [9.17, 15) is 13.2 Å². The van der Waals surface area contributed by atoms with E-state index < -0.39 is 24.5 Å². The lowest BCUT2D eigenvalue weighted by Gasteiger charge is -2.19. The van der Waals surface area contributed by atoms with Crippen LogP contribution >= 0.6 is 0 Å². The van der Waals surface area contributed by atoms with Crippen LogP contribution in [0.25, 0.3) is 0 Å². The molecule has 1 fully saturated rings. The molecule has 2 atom stereocenters. The summed E-state index contributed by atoms with van der Waals surface area (Å²) >= 11 is 0. The molecule has 3 N–H and O–H groups in total. The first-order chi connectivity index (χ1) is 7.95. The Kier molecular flexibility index (Phi) is 5.01. The van der Waals surface area contributed by atoms with Gasteiger partial charge in [-0.25, -0.2) is 0 Å². The normalized spacial score (nSPS) is 23.9. The van der Waals surface area contributed by atoms with Gasteiger partial charge in [0, 0.05) is 12.5 Å². The van der Waals surface area contributed by atoms with E-state index in [1.54, 1.807) is 0 Å². The third-order valence-electron chi connectivity index (χ3n) is 2.53. The molecule has 0 bridgehead atoms. The first-order valence-corrected chi connectivity index (χ1v) is 5.14. The van der Waals surface area contributed by atoms with E-state index in [-0.39, 0.29) is 12.5 Å². The lowest BCUT2D eigenvalue weighted by molar-refractivity contribution is -0.169. The van der Waals surface area contributed by atoms with Crippen LogP contribution in [-0.4, -0.2) is 43.6 Å². The molecule has 1 heterocycles. The van der Waals surface area contributed by atoms with Crippen LogP contribution in [-0.2, 0) is 9.47 Å². The number of halogens is 3. The number of oxime groups is 1. The Labute approximate surface area is 96.4 Å². The fraction of sp³-hybridized carbons (Fsp3) is 0.889. The van der Waals surface area contributed by atoms with E-state index in [1.807, 2.05) is 0 Å². The van der Waals surface area contributed by atoms with Crippen molar-refractivity contribution in [2.24, 2.45) is 22.7 Å². The molecule has 8 heteroatoms. The molecule has 0 aromatic heterocycles. The highest BCUT2D eigenvalue weighted by Gasteiger charge is 2.43. The molecule has 0 aliphatic carbocycles. The SMILES string of the molecule is NC(=NO)C(COCC1CCOC1)C(F)(F)F. The van der Waals surface area contributed by atoms with E-state index in [4.69, 9.17) is 20.4 Å². The Morgan fingerprint density at radius 2 is 2.29 bits per heavy atom. The van der Waals surface area contributed by atoms with Gasteiger partial charge in [0.25, 0.3) is 0 Å². The quantitative estimate of drug-likeness (QED) is 0.332. The molecule has 100 valence electrons. The Hall–Kier alpha value is -1.02. The third kappa shape index (κ3) is 4.39. The number of nitrogens with two attached hydrogens (primary N) is 1. The summed E-state index contributed by atoms with van der Waals surface area (Å²) < 4.78 is 47.5. The van der Waals surface area contributed by atoms with Crippen LogP contribution in [0.5, 0.6) is 0 Å². The Balaban J connectivity index is 2.38. The Morgan fingerprint density at radius 3 is 2.76 bits per heavy atom. The molecule has 0 aromatic rings. The number of hydrogen-bond donors (Lipinski definition) is 2. The van der Waals surface area contributed by atoms with Crippen molar-refractivity contribution < 1.29 is 27.9 Å². The summed E-state index contributed by atoms with van der Waals surface area (Å²) in [7, 11) is 0. The van der Waals surface area contributed by atoms with Crippen molar-refractivity contribution in [2.75, 3.05) is 26.4 Å². The molecule has 1 aliphatic rings. The van der Waals surface area contributed by atoms with Gasteiger partial charge in [-0.15, -0.1) is 0 Å². The average Bonchev–Trinajstić information content (AvgIpc) is 2.74. The summed E-state index contributed by atoms with van der Waals surface area (Å²) in [5, 5.41) is 10.6. The predicted molar refractivity (Wildman–Crippen MR) is 52.7 cm³/mol. The van der Waals surface area contributed by atoms with E-state index in [0.717, 1.165) is 6.42 Å². The van der Waals surface area contributed by atoms with Crippen molar-refractivity contribution in [3.05, 3.63) is 0 Å². The maximum Gasteiger partial charge on any atom is 0.401 e. The van der Waals surface area contributed by atoms with Crippen molar-refractivity contribution in [3.8, 4) is 0 Å². The second-order valence-corrected chi connectivity index (χ2v) is 3.89. The van der Waals surface area contributed by atoms with Gasteiger partial charge >= 0.3 is 6.18 Å². The lowest BCUT2D eigenvalue weighted by atomic mass is 10.1. The molecule has 0 aromatic carbocycles. The molecule has 0 radical (unpaired) electrons. The van der Waals surface area contributed by atoms with Crippen LogP contribution in [0, 0.1) is 11.8 Å². The van der Waals surface area contributed by atoms with Gasteiger partial charge in [0.15, 0.2) is 5.84 Å². The van der Waals surface area contributed by atoms with Crippen molar-refractivity contribution in [1.29, 1.82) is 0 Å². The summed E-state index contributed by atoms with van der Waals surface area (Å²) in [6.07, 6.45) is -3.80. The second-order valence-electron chi connectivity index (χ2n) is 3.89. The van der Waals surface area contributed by atoms with Crippen molar-refractivity contribution in [3.63, 3.8) is 0 Å². The zero-order chi connectivity index (χ0) is 12.9. The van der Waals surface area contributed by atoms with Crippen LogP contribution in [0.1, 0.15) is 6.42 Å². The number of hydrogen-bond acceptors (Lipinski definition) is 4. The smallest absolute Gasteiger partial charge is 0.401 e. The Bertz CT molecular complexity index is 265. The number of amidine groups is 1. The summed E-state index contributed by atoms with van der Waals surface area (Å²) in [6, 6.07) is 0. The molecular weight excluding hydrogens is 241 g/mol. The molecule has 5 nitrogen and oxygen atoms in total. The fourth-order valence-electron chi connectivity index (χ4n) is 1.48. The van der Waals surface area contributed by atoms with Crippen LogP contribution in [0.2, 0.25) is 0 Å². The summed E-state index contributed by atoms with van der Waals surface area (Å²) in [6.45, 7) is 0.651. The lowest BCUT2D eigenvalue weighted by Crippen LogP contribution is -2.39. The van der Waals surface area contributed by atoms with Gasteiger partial charge in [0.05, 0.1) is 19.8 Å². The average molecular weight is 256 g/mol. The third-order valence-corrected chi connectivity index (χ3v) is 2.53. The van der Waals surface area contributed by atoms with Gasteiger partial charge in [-0.05, 0) is 6.42 Å². The topological polar surface area (TPSA) is 77.1 Å². The minimum atomic E-state index is -4.58. The first-order valence-electron chi connectivity index (χ1n) is 5.14. The van der Waals surface area contributed by atoms with Gasteiger partial charge in [-0.3, -0.25) is 0 Å². The summed E-state index contributed by atoms with van der Waals surface area (Å²) in [5.74, 6) is -2.84. The minimum absolute atomic E-state index is 0.121. The van der Waals surface area contributed by atoms with Gasteiger partial charge in [-0.2, -0.15) is 13.2 Å². The Morgan fingerprint density at radius 1 is 1.59 bits per heavy atom. The molecule has 1 rings (SSSR count). The van der Waals surface area contributed by atoms with Crippen molar-refractivity contribution in [2.45, 2.75) is 12.6 Å². The number of nitrogens with zero attached hydrogens (tertiary/aromatic N) is 1. The number of rotatable bonds is 5. The number of ether oxygens (including phenoxy) is 2. The first kappa shape index (κ1) is 14.0. The maximum absolute atomic E-state index is 12.5. The highest BCUT2D eigenvalue weighted by molar-refractivity contribution is 5.83. The fourth-order valence-corrected chi connectivity index (χ4v) is 1.48. The van der Waals surface area contributed by atoms with Gasteiger partial charge in [0.2, 0.25) is 0 Å². The van der Waals surface area contributed by atoms with Crippen LogP contribution < -0.4 is 5.73 Å². The summed E-state index contributed by atoms with van der Waals surface area (Å²) in [4.78, 5) is 0. The van der Waals surface area contributed by atoms with Crippen LogP contribution in [0.3, 0.4) is 0 Å².